The van der Waals surface area contributed by atoms with Crippen LogP contribution in [0, 0.1) is 6.92 Å². The van der Waals surface area contributed by atoms with E-state index in [0.717, 1.165) is 10.6 Å². The van der Waals surface area contributed by atoms with E-state index >= 15 is 0 Å². The molecule has 0 fully saturated rings. The van der Waals surface area contributed by atoms with Crippen molar-refractivity contribution in [3.63, 3.8) is 0 Å². The van der Waals surface area contributed by atoms with Gasteiger partial charge in [-0.25, -0.2) is 4.98 Å². The lowest BCUT2D eigenvalue weighted by molar-refractivity contribution is 0.301. The van der Waals surface area contributed by atoms with Crippen molar-refractivity contribution in [3.8, 4) is 5.75 Å². The van der Waals surface area contributed by atoms with Gasteiger partial charge in [-0.3, -0.25) is 9.20 Å². The Labute approximate surface area is 113 Å². The molecule has 19 heavy (non-hydrogen) atoms. The average molecular weight is 272 g/mol. The molecule has 4 nitrogen and oxygen atoms in total. The van der Waals surface area contributed by atoms with Crippen LogP contribution in [-0.2, 0) is 6.61 Å². The van der Waals surface area contributed by atoms with Gasteiger partial charge in [0.2, 0.25) is 0 Å². The molecule has 0 amide bonds. The number of ether oxygens (including phenoxy) is 1. The molecule has 0 bridgehead atoms. The topological polar surface area (TPSA) is 43.6 Å². The summed E-state index contributed by atoms with van der Waals surface area (Å²) < 4.78 is 7.16. The molecule has 96 valence electrons. The molecule has 0 saturated heterocycles. The maximum atomic E-state index is 11.9. The molecule has 0 unspecified atom stereocenters. The second kappa shape index (κ2) is 4.85. The number of nitrogens with zero attached hydrogens (tertiary/aromatic N) is 2. The minimum atomic E-state index is -0.0685. The molecule has 2 aromatic heterocycles. The molecule has 0 saturated carbocycles. The number of para-hydroxylation sites is 1. The first kappa shape index (κ1) is 11.9. The normalized spacial score (nSPS) is 10.8. The van der Waals surface area contributed by atoms with Crippen LogP contribution in [0.2, 0.25) is 0 Å². The molecule has 3 aromatic rings. The number of rotatable bonds is 3. The Kier molecular flexibility index (Phi) is 3.05. The molecule has 0 radical (unpaired) electrons. The third-order valence-electron chi connectivity index (χ3n) is 2.67. The lowest BCUT2D eigenvalue weighted by atomic mass is 10.3. The van der Waals surface area contributed by atoms with Gasteiger partial charge in [-0.2, -0.15) is 0 Å². The second-order valence-electron chi connectivity index (χ2n) is 4.18. The van der Waals surface area contributed by atoms with Crippen molar-refractivity contribution >= 4 is 16.3 Å². The van der Waals surface area contributed by atoms with Crippen molar-refractivity contribution in [2.75, 3.05) is 0 Å². The Morgan fingerprint density at radius 1 is 1.32 bits per heavy atom. The summed E-state index contributed by atoms with van der Waals surface area (Å²) in [7, 11) is 0. The van der Waals surface area contributed by atoms with Crippen molar-refractivity contribution < 1.29 is 4.74 Å². The van der Waals surface area contributed by atoms with Gasteiger partial charge in [0.1, 0.15) is 12.4 Å². The van der Waals surface area contributed by atoms with E-state index in [-0.39, 0.29) is 5.56 Å². The first-order valence-electron chi connectivity index (χ1n) is 5.89. The molecule has 0 aliphatic carbocycles. The van der Waals surface area contributed by atoms with Crippen molar-refractivity contribution in [1.29, 1.82) is 0 Å². The Hall–Kier alpha value is -2.14. The Bertz CT molecular complexity index is 762. The number of hydrogen-bond acceptors (Lipinski definition) is 4. The highest BCUT2D eigenvalue weighted by Crippen LogP contribution is 2.14. The smallest absolute Gasteiger partial charge is 0.258 e. The van der Waals surface area contributed by atoms with Crippen LogP contribution in [0.25, 0.3) is 4.96 Å². The van der Waals surface area contributed by atoms with Crippen LogP contribution < -0.4 is 10.3 Å². The van der Waals surface area contributed by atoms with E-state index in [9.17, 15) is 4.79 Å². The predicted octanol–water partition coefficient (Wildman–Crippen LogP) is 2.64. The molecular formula is C14H12N2O2S. The fourth-order valence-electron chi connectivity index (χ4n) is 1.81. The zero-order chi connectivity index (χ0) is 13.2. The van der Waals surface area contributed by atoms with Gasteiger partial charge in [0.25, 0.3) is 5.56 Å². The number of thiazole rings is 1. The Morgan fingerprint density at radius 3 is 2.89 bits per heavy atom. The fourth-order valence-corrected chi connectivity index (χ4v) is 2.66. The van der Waals surface area contributed by atoms with Crippen LogP contribution in [-0.4, -0.2) is 9.38 Å². The van der Waals surface area contributed by atoms with Crippen LogP contribution in [0.4, 0.5) is 0 Å². The quantitative estimate of drug-likeness (QED) is 0.736. The highest BCUT2D eigenvalue weighted by Gasteiger charge is 2.05. The van der Waals surface area contributed by atoms with E-state index in [4.69, 9.17) is 4.74 Å². The predicted molar refractivity (Wildman–Crippen MR) is 74.9 cm³/mol. The van der Waals surface area contributed by atoms with Gasteiger partial charge in [0.15, 0.2) is 4.96 Å². The molecule has 0 atom stereocenters. The Balaban J connectivity index is 1.87. The number of benzene rings is 1. The summed E-state index contributed by atoms with van der Waals surface area (Å²) in [6.07, 6.45) is 1.80. The molecule has 2 heterocycles. The van der Waals surface area contributed by atoms with Gasteiger partial charge in [0.05, 0.1) is 5.69 Å². The minimum Gasteiger partial charge on any atom is -0.487 e. The van der Waals surface area contributed by atoms with Crippen LogP contribution in [0.15, 0.2) is 47.4 Å². The molecule has 0 N–H and O–H groups in total. The largest absolute Gasteiger partial charge is 0.487 e. The van der Waals surface area contributed by atoms with Crippen LogP contribution in [0.3, 0.4) is 0 Å². The van der Waals surface area contributed by atoms with Gasteiger partial charge in [-0.05, 0) is 19.1 Å². The average Bonchev–Trinajstić information content (AvgIpc) is 2.79. The first-order valence-corrected chi connectivity index (χ1v) is 6.70. The maximum absolute atomic E-state index is 11.9. The fraction of sp³-hybridized carbons (Fsp3) is 0.143. The Morgan fingerprint density at radius 2 is 2.11 bits per heavy atom. The van der Waals surface area contributed by atoms with Crippen molar-refractivity contribution in [2.45, 2.75) is 13.5 Å². The van der Waals surface area contributed by atoms with Gasteiger partial charge in [-0.15, -0.1) is 11.3 Å². The van der Waals surface area contributed by atoms with Crippen LogP contribution in [0.5, 0.6) is 5.75 Å². The van der Waals surface area contributed by atoms with E-state index in [2.05, 4.69) is 4.98 Å². The molecule has 0 spiro atoms. The van der Waals surface area contributed by atoms with E-state index in [1.165, 1.54) is 17.4 Å². The van der Waals surface area contributed by atoms with Crippen LogP contribution in [0.1, 0.15) is 10.6 Å². The van der Waals surface area contributed by atoms with Gasteiger partial charge >= 0.3 is 0 Å². The van der Waals surface area contributed by atoms with E-state index < -0.39 is 0 Å². The SMILES string of the molecule is Cc1cn2c(=O)cc(COc3ccccc3)nc2s1. The highest BCUT2D eigenvalue weighted by molar-refractivity contribution is 7.16. The molecule has 5 heteroatoms. The lowest BCUT2D eigenvalue weighted by Crippen LogP contribution is -2.14. The van der Waals surface area contributed by atoms with Crippen molar-refractivity contribution in [3.05, 3.63) is 63.5 Å². The van der Waals surface area contributed by atoms with E-state index in [0.29, 0.717) is 17.3 Å². The number of fused-ring (bicyclic) bond motifs is 1. The summed E-state index contributed by atoms with van der Waals surface area (Å²) in [6, 6.07) is 11.0. The second-order valence-corrected chi connectivity index (χ2v) is 5.40. The number of hydrogen-bond donors (Lipinski definition) is 0. The maximum Gasteiger partial charge on any atom is 0.258 e. The van der Waals surface area contributed by atoms with Crippen LogP contribution >= 0.6 is 11.3 Å². The van der Waals surface area contributed by atoms with E-state index in [1.54, 1.807) is 10.6 Å². The first-order chi connectivity index (χ1) is 9.22. The van der Waals surface area contributed by atoms with Gasteiger partial charge in [-0.1, -0.05) is 18.2 Å². The minimum absolute atomic E-state index is 0.0685. The van der Waals surface area contributed by atoms with Crippen molar-refractivity contribution in [1.82, 2.24) is 9.38 Å². The van der Waals surface area contributed by atoms with Crippen molar-refractivity contribution in [2.24, 2.45) is 0 Å². The van der Waals surface area contributed by atoms with E-state index in [1.807, 2.05) is 37.3 Å². The molecule has 3 rings (SSSR count). The molecule has 0 aliphatic heterocycles. The summed E-state index contributed by atoms with van der Waals surface area (Å²) in [5, 5.41) is 0. The van der Waals surface area contributed by atoms with Gasteiger partial charge in [0, 0.05) is 17.1 Å². The molecular weight excluding hydrogens is 260 g/mol. The standard InChI is InChI=1S/C14H12N2O2S/c1-10-8-16-13(17)7-11(15-14(16)19-10)9-18-12-5-3-2-4-6-12/h2-8H,9H2,1H3. The van der Waals surface area contributed by atoms with Gasteiger partial charge < -0.3 is 4.74 Å². The molecule has 1 aromatic carbocycles. The summed E-state index contributed by atoms with van der Waals surface area (Å²) in [4.78, 5) is 18.1. The third kappa shape index (κ3) is 2.51. The lowest BCUT2D eigenvalue weighted by Gasteiger charge is -2.05. The summed E-state index contributed by atoms with van der Waals surface area (Å²) in [5.74, 6) is 0.770. The summed E-state index contributed by atoms with van der Waals surface area (Å²) >= 11 is 1.50. The summed E-state index contributed by atoms with van der Waals surface area (Å²) in [5.41, 5.74) is 0.580. The number of aryl methyl sites for hydroxylation is 1. The number of aromatic nitrogens is 2. The third-order valence-corrected chi connectivity index (χ3v) is 3.56. The summed E-state index contributed by atoms with van der Waals surface area (Å²) in [6.45, 7) is 2.26. The highest BCUT2D eigenvalue weighted by atomic mass is 32.1. The molecule has 0 aliphatic rings. The zero-order valence-corrected chi connectivity index (χ0v) is 11.2. The monoisotopic (exact) mass is 272 g/mol. The zero-order valence-electron chi connectivity index (χ0n) is 10.4.